The summed E-state index contributed by atoms with van der Waals surface area (Å²) in [5.41, 5.74) is 0.485. The lowest BCUT2D eigenvalue weighted by Gasteiger charge is -2.16. The first kappa shape index (κ1) is 13.2. The van der Waals surface area contributed by atoms with Crippen molar-refractivity contribution in [1.82, 2.24) is 5.32 Å². The number of nitrogens with one attached hydrogen (secondary N) is 1. The number of carbonyl (C=O) groups is 1. The molecule has 0 aromatic heterocycles. The lowest BCUT2D eigenvalue weighted by Crippen LogP contribution is -2.37. The highest BCUT2D eigenvalue weighted by Gasteiger charge is 2.26. The van der Waals surface area contributed by atoms with Gasteiger partial charge < -0.3 is 14.8 Å². The number of nitriles is 1. The minimum absolute atomic E-state index is 0.131. The maximum absolute atomic E-state index is 11.8. The summed E-state index contributed by atoms with van der Waals surface area (Å²) in [5.74, 6) is 0.777. The fourth-order valence-electron chi connectivity index (χ4n) is 1.62. The quantitative estimate of drug-likeness (QED) is 0.873. The Bertz CT molecular complexity index is 518. The van der Waals surface area contributed by atoms with Gasteiger partial charge in [0.05, 0.1) is 18.7 Å². The molecule has 1 N–H and O–H groups in total. The molecule has 1 aromatic carbocycles. The molecule has 0 unspecified atom stereocenters. The molecule has 1 aliphatic rings. The minimum atomic E-state index is -0.595. The van der Waals surface area contributed by atoms with E-state index in [2.05, 4.69) is 5.32 Å². The van der Waals surface area contributed by atoms with Gasteiger partial charge in [0.15, 0.2) is 17.6 Å². The van der Waals surface area contributed by atoms with Gasteiger partial charge in [0.25, 0.3) is 5.91 Å². The number of carbonyl (C=O) groups excluding carboxylic acids is 1. The molecule has 1 aliphatic carbocycles. The standard InChI is InChI=1S/C14H16N2O3/c1-9(14(17)16-11-4-5-11)19-12-6-3-10(8-15)7-13(12)18-2/h3,6-7,9,11H,4-5H2,1-2H3,(H,16,17)/t9-/m0/s1. The Labute approximate surface area is 112 Å². The van der Waals surface area contributed by atoms with Crippen LogP contribution in [0.5, 0.6) is 11.5 Å². The molecule has 1 saturated carbocycles. The van der Waals surface area contributed by atoms with Crippen LogP contribution in [0.15, 0.2) is 18.2 Å². The molecular formula is C14H16N2O3. The summed E-state index contributed by atoms with van der Waals surface area (Å²) < 4.78 is 10.7. The minimum Gasteiger partial charge on any atom is -0.493 e. The first-order chi connectivity index (χ1) is 9.13. The molecule has 0 bridgehead atoms. The van der Waals surface area contributed by atoms with Crippen molar-refractivity contribution in [2.45, 2.75) is 31.9 Å². The van der Waals surface area contributed by atoms with Crippen molar-refractivity contribution in [3.8, 4) is 17.6 Å². The van der Waals surface area contributed by atoms with Crippen molar-refractivity contribution in [2.75, 3.05) is 7.11 Å². The normalized spacial score (nSPS) is 15.2. The number of nitrogens with zero attached hydrogens (tertiary/aromatic N) is 1. The SMILES string of the molecule is COc1cc(C#N)ccc1O[C@@H](C)C(=O)NC1CC1. The predicted octanol–water partition coefficient (Wildman–Crippen LogP) is 1.61. The number of benzene rings is 1. The smallest absolute Gasteiger partial charge is 0.260 e. The van der Waals surface area contributed by atoms with E-state index in [1.54, 1.807) is 25.1 Å². The van der Waals surface area contributed by atoms with E-state index in [1.807, 2.05) is 6.07 Å². The Kier molecular flexibility index (Phi) is 3.91. The summed E-state index contributed by atoms with van der Waals surface area (Å²) in [5, 5.41) is 11.7. The monoisotopic (exact) mass is 260 g/mol. The van der Waals surface area contributed by atoms with E-state index in [0.29, 0.717) is 23.1 Å². The number of hydrogen-bond donors (Lipinski definition) is 1. The van der Waals surface area contributed by atoms with Gasteiger partial charge in [-0.3, -0.25) is 4.79 Å². The molecule has 2 rings (SSSR count). The molecule has 1 amide bonds. The summed E-state index contributed by atoms with van der Waals surface area (Å²) >= 11 is 0. The molecule has 19 heavy (non-hydrogen) atoms. The Morgan fingerprint density at radius 3 is 2.79 bits per heavy atom. The highest BCUT2D eigenvalue weighted by molar-refractivity contribution is 5.81. The first-order valence-corrected chi connectivity index (χ1v) is 6.19. The molecule has 100 valence electrons. The first-order valence-electron chi connectivity index (χ1n) is 6.19. The molecule has 0 radical (unpaired) electrons. The van der Waals surface area contributed by atoms with Crippen LogP contribution in [0.1, 0.15) is 25.3 Å². The molecule has 0 heterocycles. The van der Waals surface area contributed by atoms with Crippen molar-refractivity contribution >= 4 is 5.91 Å². The van der Waals surface area contributed by atoms with Crippen LogP contribution in [-0.2, 0) is 4.79 Å². The zero-order valence-corrected chi connectivity index (χ0v) is 11.0. The number of methoxy groups -OCH3 is 1. The molecule has 0 aliphatic heterocycles. The number of amides is 1. The van der Waals surface area contributed by atoms with Gasteiger partial charge in [-0.25, -0.2) is 0 Å². The topological polar surface area (TPSA) is 71.3 Å². The van der Waals surface area contributed by atoms with Crippen LogP contribution in [0.3, 0.4) is 0 Å². The third kappa shape index (κ3) is 3.38. The summed E-state index contributed by atoms with van der Waals surface area (Å²) in [4.78, 5) is 11.8. The van der Waals surface area contributed by atoms with Crippen molar-refractivity contribution in [3.63, 3.8) is 0 Å². The fraction of sp³-hybridized carbons (Fsp3) is 0.429. The summed E-state index contributed by atoms with van der Waals surface area (Å²) in [6.07, 6.45) is 1.49. The van der Waals surface area contributed by atoms with Crippen LogP contribution < -0.4 is 14.8 Å². The van der Waals surface area contributed by atoms with E-state index in [9.17, 15) is 4.79 Å². The van der Waals surface area contributed by atoms with Crippen LogP contribution in [0.2, 0.25) is 0 Å². The third-order valence-corrected chi connectivity index (χ3v) is 2.89. The molecule has 0 saturated heterocycles. The van der Waals surface area contributed by atoms with Crippen LogP contribution in [0.25, 0.3) is 0 Å². The number of hydrogen-bond acceptors (Lipinski definition) is 4. The molecule has 5 nitrogen and oxygen atoms in total. The van der Waals surface area contributed by atoms with Crippen molar-refractivity contribution < 1.29 is 14.3 Å². The molecular weight excluding hydrogens is 244 g/mol. The van der Waals surface area contributed by atoms with E-state index in [1.165, 1.54) is 7.11 Å². The zero-order chi connectivity index (χ0) is 13.8. The van der Waals surface area contributed by atoms with Gasteiger partial charge in [-0.2, -0.15) is 5.26 Å². The highest BCUT2D eigenvalue weighted by Crippen LogP contribution is 2.29. The van der Waals surface area contributed by atoms with Gasteiger partial charge in [-0.1, -0.05) is 0 Å². The molecule has 1 atom stereocenters. The second kappa shape index (κ2) is 5.61. The number of rotatable bonds is 5. The summed E-state index contributed by atoms with van der Waals surface area (Å²) in [6.45, 7) is 1.69. The maximum atomic E-state index is 11.8. The average Bonchev–Trinajstić information content (AvgIpc) is 3.22. The van der Waals surface area contributed by atoms with E-state index >= 15 is 0 Å². The van der Waals surface area contributed by atoms with E-state index in [-0.39, 0.29) is 5.91 Å². The second-order valence-corrected chi connectivity index (χ2v) is 4.52. The lowest BCUT2D eigenvalue weighted by molar-refractivity contribution is -0.127. The van der Waals surface area contributed by atoms with Crippen molar-refractivity contribution in [2.24, 2.45) is 0 Å². The Hall–Kier alpha value is -2.22. The fourth-order valence-corrected chi connectivity index (χ4v) is 1.62. The molecule has 5 heteroatoms. The Balaban J connectivity index is 2.04. The molecule has 0 spiro atoms. The number of ether oxygens (including phenoxy) is 2. The largest absolute Gasteiger partial charge is 0.493 e. The van der Waals surface area contributed by atoms with Gasteiger partial charge in [-0.05, 0) is 31.9 Å². The van der Waals surface area contributed by atoms with Gasteiger partial charge >= 0.3 is 0 Å². The van der Waals surface area contributed by atoms with Crippen molar-refractivity contribution in [1.29, 1.82) is 5.26 Å². The maximum Gasteiger partial charge on any atom is 0.260 e. The molecule has 1 aromatic rings. The average molecular weight is 260 g/mol. The van der Waals surface area contributed by atoms with E-state index in [4.69, 9.17) is 14.7 Å². The van der Waals surface area contributed by atoms with Gasteiger partial charge in [0, 0.05) is 12.1 Å². The van der Waals surface area contributed by atoms with Crippen LogP contribution in [0.4, 0.5) is 0 Å². The zero-order valence-electron chi connectivity index (χ0n) is 11.0. The predicted molar refractivity (Wildman–Crippen MR) is 69.0 cm³/mol. The van der Waals surface area contributed by atoms with E-state index in [0.717, 1.165) is 12.8 Å². The second-order valence-electron chi connectivity index (χ2n) is 4.52. The van der Waals surface area contributed by atoms with Crippen LogP contribution in [-0.4, -0.2) is 25.2 Å². The summed E-state index contributed by atoms with van der Waals surface area (Å²) in [6, 6.07) is 7.18. The van der Waals surface area contributed by atoms with Crippen molar-refractivity contribution in [3.05, 3.63) is 23.8 Å². The van der Waals surface area contributed by atoms with Gasteiger partial charge in [-0.15, -0.1) is 0 Å². The lowest BCUT2D eigenvalue weighted by atomic mass is 10.2. The Morgan fingerprint density at radius 1 is 1.47 bits per heavy atom. The third-order valence-electron chi connectivity index (χ3n) is 2.89. The van der Waals surface area contributed by atoms with Gasteiger partial charge in [0.2, 0.25) is 0 Å². The van der Waals surface area contributed by atoms with E-state index < -0.39 is 6.10 Å². The van der Waals surface area contributed by atoms with Crippen LogP contribution in [0, 0.1) is 11.3 Å². The Morgan fingerprint density at radius 2 is 2.21 bits per heavy atom. The molecule has 1 fully saturated rings. The van der Waals surface area contributed by atoms with Gasteiger partial charge in [0.1, 0.15) is 0 Å². The summed E-state index contributed by atoms with van der Waals surface area (Å²) in [7, 11) is 1.50. The van der Waals surface area contributed by atoms with Crippen LogP contribution >= 0.6 is 0 Å². The highest BCUT2D eigenvalue weighted by atomic mass is 16.5.